The smallest absolute Gasteiger partial charge is 0.0351 e. The molecule has 0 atom stereocenters. The molecule has 84 valence electrons. The van der Waals surface area contributed by atoms with Gasteiger partial charge in [0.05, 0.1) is 0 Å². The lowest BCUT2D eigenvalue weighted by molar-refractivity contribution is 0.300. The number of thioether (sulfide) groups is 1. The third kappa shape index (κ3) is 5.45. The number of hydrogen-bond donors (Lipinski definition) is 0. The summed E-state index contributed by atoms with van der Waals surface area (Å²) in [6.07, 6.45) is 2.14. The maximum Gasteiger partial charge on any atom is 0.0351 e. The third-order valence-corrected chi connectivity index (χ3v) is 3.02. The van der Waals surface area contributed by atoms with Gasteiger partial charge >= 0.3 is 0 Å². The predicted molar refractivity (Wildman–Crippen MR) is 70.8 cm³/mol. The molecule has 0 aromatic heterocycles. The van der Waals surface area contributed by atoms with Gasteiger partial charge in [-0.1, -0.05) is 30.3 Å². The average molecular weight is 244 g/mol. The standard InChI is InChI=1S/C12H18ClNS/c1-15-10-9-14(8-7-13)11-12-5-3-2-4-6-12/h2-6H,7-11H2,1H3. The van der Waals surface area contributed by atoms with Crippen molar-refractivity contribution in [2.24, 2.45) is 0 Å². The number of halogens is 1. The Morgan fingerprint density at radius 3 is 2.53 bits per heavy atom. The largest absolute Gasteiger partial charge is 0.297 e. The first-order chi connectivity index (χ1) is 7.36. The van der Waals surface area contributed by atoms with Crippen molar-refractivity contribution in [2.75, 3.05) is 31.0 Å². The van der Waals surface area contributed by atoms with Gasteiger partial charge in [0.2, 0.25) is 0 Å². The topological polar surface area (TPSA) is 3.24 Å². The van der Waals surface area contributed by atoms with Crippen LogP contribution >= 0.6 is 23.4 Å². The Morgan fingerprint density at radius 2 is 1.93 bits per heavy atom. The average Bonchev–Trinajstić information content (AvgIpc) is 2.28. The second-order valence-electron chi connectivity index (χ2n) is 3.44. The van der Waals surface area contributed by atoms with Crippen LogP contribution in [0.15, 0.2) is 30.3 Å². The van der Waals surface area contributed by atoms with Crippen LogP contribution in [0.3, 0.4) is 0 Å². The summed E-state index contributed by atoms with van der Waals surface area (Å²) in [5, 5.41) is 0. The highest BCUT2D eigenvalue weighted by Crippen LogP contribution is 2.05. The fourth-order valence-electron chi connectivity index (χ4n) is 1.45. The van der Waals surface area contributed by atoms with E-state index in [0.29, 0.717) is 5.88 Å². The van der Waals surface area contributed by atoms with Gasteiger partial charge < -0.3 is 0 Å². The molecule has 1 rings (SSSR count). The van der Waals surface area contributed by atoms with Gasteiger partial charge in [-0.25, -0.2) is 0 Å². The van der Waals surface area contributed by atoms with Gasteiger partial charge in [0.1, 0.15) is 0 Å². The predicted octanol–water partition coefficient (Wildman–Crippen LogP) is 3.09. The zero-order chi connectivity index (χ0) is 10.9. The van der Waals surface area contributed by atoms with E-state index in [4.69, 9.17) is 11.6 Å². The van der Waals surface area contributed by atoms with E-state index in [2.05, 4.69) is 41.5 Å². The monoisotopic (exact) mass is 243 g/mol. The summed E-state index contributed by atoms with van der Waals surface area (Å²) < 4.78 is 0. The van der Waals surface area contributed by atoms with Gasteiger partial charge in [0, 0.05) is 31.3 Å². The molecule has 1 aromatic carbocycles. The van der Waals surface area contributed by atoms with Gasteiger partial charge in [-0.05, 0) is 11.8 Å². The van der Waals surface area contributed by atoms with Crippen LogP contribution in [0.2, 0.25) is 0 Å². The van der Waals surface area contributed by atoms with Crippen molar-refractivity contribution in [3.8, 4) is 0 Å². The molecular weight excluding hydrogens is 226 g/mol. The van der Waals surface area contributed by atoms with E-state index in [0.717, 1.165) is 19.6 Å². The van der Waals surface area contributed by atoms with Crippen LogP contribution in [-0.2, 0) is 6.54 Å². The van der Waals surface area contributed by atoms with Crippen LogP contribution < -0.4 is 0 Å². The number of nitrogens with zero attached hydrogens (tertiary/aromatic N) is 1. The minimum atomic E-state index is 0.710. The third-order valence-electron chi connectivity index (χ3n) is 2.26. The second-order valence-corrected chi connectivity index (χ2v) is 4.81. The molecule has 3 heteroatoms. The van der Waals surface area contributed by atoms with E-state index in [1.54, 1.807) is 0 Å². The molecule has 0 aliphatic carbocycles. The summed E-state index contributed by atoms with van der Waals surface area (Å²) in [6.45, 7) is 3.09. The van der Waals surface area contributed by atoms with Gasteiger partial charge in [-0.2, -0.15) is 11.8 Å². The first-order valence-electron chi connectivity index (χ1n) is 5.18. The zero-order valence-electron chi connectivity index (χ0n) is 9.16. The summed E-state index contributed by atoms with van der Waals surface area (Å²) in [6, 6.07) is 10.6. The van der Waals surface area contributed by atoms with E-state index < -0.39 is 0 Å². The second kappa shape index (κ2) is 8.03. The van der Waals surface area contributed by atoms with Gasteiger partial charge in [-0.3, -0.25) is 4.90 Å². The van der Waals surface area contributed by atoms with Crippen LogP contribution in [0.1, 0.15) is 5.56 Å². The molecule has 1 aromatic rings. The molecule has 0 saturated heterocycles. The van der Waals surface area contributed by atoms with E-state index in [-0.39, 0.29) is 0 Å². The molecule has 0 heterocycles. The van der Waals surface area contributed by atoms with Crippen molar-refractivity contribution in [1.82, 2.24) is 4.90 Å². The summed E-state index contributed by atoms with van der Waals surface area (Å²) in [5.41, 5.74) is 1.36. The maximum atomic E-state index is 5.79. The lowest BCUT2D eigenvalue weighted by atomic mass is 10.2. The van der Waals surface area contributed by atoms with Crippen LogP contribution in [0.5, 0.6) is 0 Å². The summed E-state index contributed by atoms with van der Waals surface area (Å²) in [7, 11) is 0. The molecular formula is C12H18ClNS. The van der Waals surface area contributed by atoms with Crippen LogP contribution in [0, 0.1) is 0 Å². The molecule has 0 aliphatic rings. The summed E-state index contributed by atoms with van der Waals surface area (Å²) in [4.78, 5) is 2.40. The van der Waals surface area contributed by atoms with Crippen molar-refractivity contribution >= 4 is 23.4 Å². The van der Waals surface area contributed by atoms with Crippen molar-refractivity contribution in [3.63, 3.8) is 0 Å². The minimum absolute atomic E-state index is 0.710. The fourth-order valence-corrected chi connectivity index (χ4v) is 2.13. The van der Waals surface area contributed by atoms with Crippen LogP contribution in [0.25, 0.3) is 0 Å². The molecule has 1 nitrogen and oxygen atoms in total. The highest BCUT2D eigenvalue weighted by Gasteiger charge is 2.04. The van der Waals surface area contributed by atoms with E-state index in [9.17, 15) is 0 Å². The van der Waals surface area contributed by atoms with Crippen molar-refractivity contribution in [2.45, 2.75) is 6.54 Å². The quantitative estimate of drug-likeness (QED) is 0.678. The first kappa shape index (κ1) is 12.9. The van der Waals surface area contributed by atoms with E-state index in [1.165, 1.54) is 11.3 Å². The molecule has 0 amide bonds. The first-order valence-corrected chi connectivity index (χ1v) is 7.11. The Balaban J connectivity index is 2.43. The van der Waals surface area contributed by atoms with E-state index >= 15 is 0 Å². The fraction of sp³-hybridized carbons (Fsp3) is 0.500. The van der Waals surface area contributed by atoms with Crippen LogP contribution in [-0.4, -0.2) is 35.9 Å². The molecule has 0 fully saturated rings. The normalized spacial score (nSPS) is 10.9. The van der Waals surface area contributed by atoms with Crippen molar-refractivity contribution in [1.29, 1.82) is 0 Å². The zero-order valence-corrected chi connectivity index (χ0v) is 10.7. The minimum Gasteiger partial charge on any atom is -0.297 e. The Bertz CT molecular complexity index is 253. The van der Waals surface area contributed by atoms with E-state index in [1.807, 2.05) is 11.8 Å². The highest BCUT2D eigenvalue weighted by molar-refractivity contribution is 7.98. The Labute approximate surface area is 102 Å². The molecule has 0 bridgehead atoms. The molecule has 0 saturated carbocycles. The molecule has 0 unspecified atom stereocenters. The lowest BCUT2D eigenvalue weighted by Crippen LogP contribution is -2.27. The Kier molecular flexibility index (Phi) is 6.90. The van der Waals surface area contributed by atoms with Gasteiger partial charge in [0.15, 0.2) is 0 Å². The number of rotatable bonds is 7. The molecule has 0 radical (unpaired) electrons. The van der Waals surface area contributed by atoms with Crippen molar-refractivity contribution in [3.05, 3.63) is 35.9 Å². The SMILES string of the molecule is CSCCN(CCCl)Cc1ccccc1. The Morgan fingerprint density at radius 1 is 1.20 bits per heavy atom. The van der Waals surface area contributed by atoms with Crippen LogP contribution in [0.4, 0.5) is 0 Å². The summed E-state index contributed by atoms with van der Waals surface area (Å²) in [5.74, 6) is 1.88. The Hall–Kier alpha value is -0.180. The highest BCUT2D eigenvalue weighted by atomic mass is 35.5. The maximum absolute atomic E-state index is 5.79. The number of benzene rings is 1. The van der Waals surface area contributed by atoms with Gasteiger partial charge in [-0.15, -0.1) is 11.6 Å². The van der Waals surface area contributed by atoms with Gasteiger partial charge in [0.25, 0.3) is 0 Å². The summed E-state index contributed by atoms with van der Waals surface area (Å²) >= 11 is 7.67. The molecule has 0 spiro atoms. The lowest BCUT2D eigenvalue weighted by Gasteiger charge is -2.20. The number of alkyl halides is 1. The molecule has 0 aliphatic heterocycles. The molecule has 0 N–H and O–H groups in total. The number of hydrogen-bond acceptors (Lipinski definition) is 2. The molecule has 15 heavy (non-hydrogen) atoms. The van der Waals surface area contributed by atoms with Crippen molar-refractivity contribution < 1.29 is 0 Å².